The van der Waals surface area contributed by atoms with Gasteiger partial charge in [0.15, 0.2) is 0 Å². The molecule has 1 aliphatic rings. The van der Waals surface area contributed by atoms with Crippen molar-refractivity contribution in [1.82, 2.24) is 0 Å². The Bertz CT molecular complexity index is 1470. The van der Waals surface area contributed by atoms with Gasteiger partial charge >= 0.3 is 0 Å². The van der Waals surface area contributed by atoms with Gasteiger partial charge in [-0.1, -0.05) is 91.0 Å². The zero-order valence-electron chi connectivity index (χ0n) is 26.8. The lowest BCUT2D eigenvalue weighted by atomic mass is 9.95. The number of amides is 1. The highest BCUT2D eigenvalue weighted by molar-refractivity contribution is 5.96. The van der Waals surface area contributed by atoms with E-state index in [-0.39, 0.29) is 24.4 Å². The van der Waals surface area contributed by atoms with Gasteiger partial charge in [0.25, 0.3) is 0 Å². The molecule has 0 aliphatic carbocycles. The summed E-state index contributed by atoms with van der Waals surface area (Å²) in [7, 11) is 0. The number of nitrogens with two attached hydrogens (primary N) is 1. The van der Waals surface area contributed by atoms with Gasteiger partial charge in [0, 0.05) is 5.56 Å². The Morgan fingerprint density at radius 3 is 1.74 bits per heavy atom. The Morgan fingerprint density at radius 1 is 0.717 bits per heavy atom. The van der Waals surface area contributed by atoms with E-state index < -0.39 is 5.91 Å². The fourth-order valence-corrected chi connectivity index (χ4v) is 5.97. The van der Waals surface area contributed by atoms with Crippen molar-refractivity contribution in [3.63, 3.8) is 0 Å². The van der Waals surface area contributed by atoms with Crippen LogP contribution in [0.25, 0.3) is 0 Å². The van der Waals surface area contributed by atoms with Crippen LogP contribution in [-0.2, 0) is 38.8 Å². The average Bonchev–Trinajstić information content (AvgIpc) is 3.06. The van der Waals surface area contributed by atoms with Gasteiger partial charge in [-0.05, 0) is 73.1 Å². The number of ether oxygens (including phenoxy) is 5. The minimum atomic E-state index is -0.420. The Morgan fingerprint density at radius 2 is 1.22 bits per heavy atom. The molecule has 7 heteroatoms. The quantitative estimate of drug-likeness (QED) is 0.134. The lowest BCUT2D eigenvalue weighted by Gasteiger charge is -2.42. The molecule has 4 atom stereocenters. The van der Waals surface area contributed by atoms with Crippen molar-refractivity contribution in [2.75, 3.05) is 13.2 Å². The number of rotatable bonds is 16. The van der Waals surface area contributed by atoms with Gasteiger partial charge in [-0.2, -0.15) is 0 Å². The van der Waals surface area contributed by atoms with E-state index in [4.69, 9.17) is 29.4 Å². The Hall–Kier alpha value is -4.01. The molecule has 0 aromatic heterocycles. The van der Waals surface area contributed by atoms with Crippen LogP contribution in [0.1, 0.15) is 57.4 Å². The second kappa shape index (κ2) is 17.1. The summed E-state index contributed by atoms with van der Waals surface area (Å²) in [5, 5.41) is 0. The summed E-state index contributed by atoms with van der Waals surface area (Å²) in [4.78, 5) is 11.8. The second-order valence-corrected chi connectivity index (χ2v) is 11.9. The molecule has 7 nitrogen and oxygen atoms in total. The molecule has 4 aromatic rings. The first-order valence-electron chi connectivity index (χ1n) is 16.1. The molecule has 2 N–H and O–H groups in total. The molecule has 0 radical (unpaired) electrons. The van der Waals surface area contributed by atoms with E-state index in [2.05, 4.69) is 36.4 Å². The van der Waals surface area contributed by atoms with Crippen molar-refractivity contribution in [3.05, 3.63) is 137 Å². The summed E-state index contributed by atoms with van der Waals surface area (Å²) in [5.41, 5.74) is 11.0. The van der Waals surface area contributed by atoms with E-state index in [1.165, 1.54) is 0 Å². The van der Waals surface area contributed by atoms with Crippen LogP contribution in [0, 0.1) is 13.8 Å². The minimum Gasteiger partial charge on any atom is -0.494 e. The molecule has 0 bridgehead atoms. The molecule has 0 unspecified atom stereocenters. The standard InChI is InChI=1S/C39H45NO6/c1-28-22-33(23-29(2)36(28)39(40)41)42-21-13-12-20-34-37(45-25-31-16-8-4-9-17-31)38(46-26-32-18-10-5-11-19-32)35(27-44-34)43-24-30-14-6-3-7-15-30/h3-11,14-19,22-23,34-35,37-38H,12-13,20-21,24-27H2,1-2H3,(H2,40,41)/t34-,35-,37+,38+/m1/s1. The van der Waals surface area contributed by atoms with Crippen LogP contribution in [0.5, 0.6) is 5.75 Å². The third-order valence-corrected chi connectivity index (χ3v) is 8.31. The largest absolute Gasteiger partial charge is 0.494 e. The fraction of sp³-hybridized carbons (Fsp3) is 0.359. The predicted molar refractivity (Wildman–Crippen MR) is 179 cm³/mol. The summed E-state index contributed by atoms with van der Waals surface area (Å²) in [5.74, 6) is 0.322. The van der Waals surface area contributed by atoms with E-state index in [1.807, 2.05) is 80.6 Å². The van der Waals surface area contributed by atoms with Crippen molar-refractivity contribution in [2.24, 2.45) is 5.73 Å². The zero-order valence-corrected chi connectivity index (χ0v) is 26.8. The van der Waals surface area contributed by atoms with Gasteiger partial charge in [-0.25, -0.2) is 0 Å². The highest BCUT2D eigenvalue weighted by atomic mass is 16.6. The first-order valence-corrected chi connectivity index (χ1v) is 16.1. The van der Waals surface area contributed by atoms with Gasteiger partial charge in [0.05, 0.1) is 39.1 Å². The SMILES string of the molecule is Cc1cc(OCCCC[C@H]2OC[C@@H](OCc3ccccc3)[C@H](OCc3ccccc3)[C@H]2OCc2ccccc2)cc(C)c1C(N)=O. The van der Waals surface area contributed by atoms with Crippen LogP contribution < -0.4 is 10.5 Å². The highest BCUT2D eigenvalue weighted by Crippen LogP contribution is 2.29. The number of hydrogen-bond acceptors (Lipinski definition) is 6. The maximum Gasteiger partial charge on any atom is 0.249 e. The molecule has 1 heterocycles. The van der Waals surface area contributed by atoms with Crippen LogP contribution in [0.3, 0.4) is 0 Å². The molecule has 0 saturated carbocycles. The topological polar surface area (TPSA) is 89.2 Å². The third-order valence-electron chi connectivity index (χ3n) is 8.31. The average molecular weight is 624 g/mol. The molecule has 1 amide bonds. The molecule has 46 heavy (non-hydrogen) atoms. The van der Waals surface area contributed by atoms with Gasteiger partial charge in [-0.3, -0.25) is 4.79 Å². The van der Waals surface area contributed by atoms with Crippen molar-refractivity contribution in [2.45, 2.75) is 77.3 Å². The van der Waals surface area contributed by atoms with Crippen LogP contribution in [0.15, 0.2) is 103 Å². The van der Waals surface area contributed by atoms with Gasteiger partial charge in [-0.15, -0.1) is 0 Å². The van der Waals surface area contributed by atoms with Gasteiger partial charge in [0.1, 0.15) is 24.1 Å². The van der Waals surface area contributed by atoms with Crippen molar-refractivity contribution < 1.29 is 28.5 Å². The number of unbranched alkanes of at least 4 members (excludes halogenated alkanes) is 1. The van der Waals surface area contributed by atoms with E-state index in [1.54, 1.807) is 0 Å². The molecule has 0 spiro atoms. The summed E-state index contributed by atoms with van der Waals surface area (Å²) in [6.45, 7) is 6.09. The van der Waals surface area contributed by atoms with E-state index in [9.17, 15) is 4.79 Å². The summed E-state index contributed by atoms with van der Waals surface area (Å²) >= 11 is 0. The second-order valence-electron chi connectivity index (χ2n) is 11.9. The summed E-state index contributed by atoms with van der Waals surface area (Å²) in [6.07, 6.45) is 1.40. The number of hydrogen-bond donors (Lipinski definition) is 1. The molecular formula is C39H45NO6. The number of primary amides is 1. The van der Waals surface area contributed by atoms with Crippen LogP contribution >= 0.6 is 0 Å². The maximum atomic E-state index is 11.8. The van der Waals surface area contributed by atoms with Crippen LogP contribution in [0.2, 0.25) is 0 Å². The first-order chi connectivity index (χ1) is 22.5. The zero-order chi connectivity index (χ0) is 32.1. The number of benzene rings is 4. The maximum absolute atomic E-state index is 11.8. The molecule has 5 rings (SSSR count). The fourth-order valence-electron chi connectivity index (χ4n) is 5.97. The number of carbonyl (C=O) groups is 1. The van der Waals surface area contributed by atoms with E-state index >= 15 is 0 Å². The van der Waals surface area contributed by atoms with Crippen molar-refractivity contribution in [1.29, 1.82) is 0 Å². The summed E-state index contributed by atoms with van der Waals surface area (Å²) in [6, 6.07) is 34.3. The van der Waals surface area contributed by atoms with Crippen molar-refractivity contribution in [3.8, 4) is 5.75 Å². The predicted octanol–water partition coefficient (Wildman–Crippen LogP) is 7.11. The lowest BCUT2D eigenvalue weighted by Crippen LogP contribution is -2.56. The van der Waals surface area contributed by atoms with Crippen molar-refractivity contribution >= 4 is 5.91 Å². The minimum absolute atomic E-state index is 0.166. The van der Waals surface area contributed by atoms with Crippen LogP contribution in [-0.4, -0.2) is 43.5 Å². The molecule has 1 saturated heterocycles. The van der Waals surface area contributed by atoms with E-state index in [0.717, 1.165) is 52.8 Å². The Balaban J connectivity index is 1.25. The monoisotopic (exact) mass is 623 g/mol. The van der Waals surface area contributed by atoms with Gasteiger partial charge in [0.2, 0.25) is 5.91 Å². The first kappa shape index (κ1) is 33.4. The number of carbonyl (C=O) groups excluding carboxylic acids is 1. The Kier molecular flexibility index (Phi) is 12.4. The highest BCUT2D eigenvalue weighted by Gasteiger charge is 2.42. The Labute approximate surface area is 272 Å². The molecule has 242 valence electrons. The molecule has 4 aromatic carbocycles. The van der Waals surface area contributed by atoms with E-state index in [0.29, 0.717) is 38.6 Å². The molecular weight excluding hydrogens is 578 g/mol. The van der Waals surface area contributed by atoms with Crippen LogP contribution in [0.4, 0.5) is 0 Å². The van der Waals surface area contributed by atoms with Gasteiger partial charge < -0.3 is 29.4 Å². The summed E-state index contributed by atoms with van der Waals surface area (Å²) < 4.78 is 32.3. The molecule has 1 fully saturated rings. The number of aryl methyl sites for hydroxylation is 2. The lowest BCUT2D eigenvalue weighted by molar-refractivity contribution is -0.239. The third kappa shape index (κ3) is 9.50. The normalized spacial score (nSPS) is 19.5. The smallest absolute Gasteiger partial charge is 0.249 e. The molecule has 1 aliphatic heterocycles.